The van der Waals surface area contributed by atoms with Crippen LogP contribution in [0.2, 0.25) is 24.2 Å². The molecule has 118 valence electrons. The van der Waals surface area contributed by atoms with Gasteiger partial charge in [-0.3, -0.25) is 0 Å². The van der Waals surface area contributed by atoms with E-state index in [2.05, 4.69) is 27.4 Å². The third-order valence-corrected chi connectivity index (χ3v) is 10.1. The Hall–Kier alpha value is -0.573. The van der Waals surface area contributed by atoms with E-state index in [-0.39, 0.29) is 5.97 Å². The Morgan fingerprint density at radius 1 is 1.00 bits per heavy atom. The Balaban J connectivity index is 4.12. The minimum absolute atomic E-state index is 0.291. The minimum Gasteiger partial charge on any atom is -0.463 e. The number of carbonyl (C=O) groups is 1. The van der Waals surface area contributed by atoms with Gasteiger partial charge in [-0.15, -0.1) is 0 Å². The molecule has 0 spiro atoms. The molecule has 0 heterocycles. The van der Waals surface area contributed by atoms with Crippen LogP contribution in [0.4, 0.5) is 0 Å². The van der Waals surface area contributed by atoms with Crippen molar-refractivity contribution < 1.29 is 9.53 Å². The van der Waals surface area contributed by atoms with E-state index < -0.39 is 8.07 Å². The van der Waals surface area contributed by atoms with E-state index in [1.165, 1.54) is 62.4 Å². The first kappa shape index (κ1) is 19.4. The predicted molar refractivity (Wildman–Crippen MR) is 90.9 cm³/mol. The fourth-order valence-corrected chi connectivity index (χ4v) is 7.86. The summed E-state index contributed by atoms with van der Waals surface area (Å²) in [6.45, 7) is 11.0. The monoisotopic (exact) mass is 298 g/mol. The van der Waals surface area contributed by atoms with Crippen molar-refractivity contribution in [2.24, 2.45) is 0 Å². The van der Waals surface area contributed by atoms with Crippen molar-refractivity contribution in [3.05, 3.63) is 12.7 Å². The highest BCUT2D eigenvalue weighted by Crippen LogP contribution is 2.31. The number of hydrogen-bond donors (Lipinski definition) is 0. The summed E-state index contributed by atoms with van der Waals surface area (Å²) in [6, 6.07) is 5.81. The van der Waals surface area contributed by atoms with Gasteiger partial charge in [0.25, 0.3) is 0 Å². The van der Waals surface area contributed by atoms with Crippen LogP contribution < -0.4 is 0 Å². The standard InChI is InChI=1S/C17H34O2Si/c1-5-9-14-20(8-4,15-10-6-2)16-12-11-13-19-17(18)7-3/h7H,3,5-6,8-16H2,1-2,4H3. The van der Waals surface area contributed by atoms with Crippen LogP contribution in [0, 0.1) is 0 Å². The molecule has 0 atom stereocenters. The molecule has 0 fully saturated rings. The zero-order chi connectivity index (χ0) is 15.3. The molecule has 0 aliphatic heterocycles. The molecule has 0 aromatic carbocycles. The van der Waals surface area contributed by atoms with Crippen LogP contribution >= 0.6 is 0 Å². The van der Waals surface area contributed by atoms with E-state index in [0.29, 0.717) is 6.61 Å². The number of hydrogen-bond acceptors (Lipinski definition) is 2. The van der Waals surface area contributed by atoms with Crippen molar-refractivity contribution in [2.45, 2.75) is 83.5 Å². The SMILES string of the molecule is C=CC(=O)OCCCC[Si](CC)(CCCC)CCCC. The lowest BCUT2D eigenvalue weighted by atomic mass is 10.3. The molecule has 0 aromatic heterocycles. The summed E-state index contributed by atoms with van der Waals surface area (Å²) in [5.74, 6) is -0.291. The molecular formula is C17H34O2Si. The smallest absolute Gasteiger partial charge is 0.330 e. The maximum atomic E-state index is 11.0. The second-order valence-electron chi connectivity index (χ2n) is 5.89. The number of ether oxygens (including phenoxy) is 1. The van der Waals surface area contributed by atoms with Gasteiger partial charge in [0.15, 0.2) is 0 Å². The Morgan fingerprint density at radius 2 is 1.55 bits per heavy atom. The Labute approximate surface area is 127 Å². The maximum absolute atomic E-state index is 11.0. The lowest BCUT2D eigenvalue weighted by Crippen LogP contribution is -2.32. The van der Waals surface area contributed by atoms with Crippen molar-refractivity contribution in [1.82, 2.24) is 0 Å². The van der Waals surface area contributed by atoms with Gasteiger partial charge in [0.1, 0.15) is 0 Å². The largest absolute Gasteiger partial charge is 0.463 e. The molecule has 0 saturated carbocycles. The van der Waals surface area contributed by atoms with Crippen LogP contribution in [0.25, 0.3) is 0 Å². The third kappa shape index (κ3) is 8.57. The molecular weight excluding hydrogens is 264 g/mol. The zero-order valence-corrected chi connectivity index (χ0v) is 14.9. The first-order valence-corrected chi connectivity index (χ1v) is 11.3. The molecule has 0 N–H and O–H groups in total. The van der Waals surface area contributed by atoms with Gasteiger partial charge < -0.3 is 4.74 Å². The number of carbonyl (C=O) groups excluding carboxylic acids is 1. The molecule has 0 unspecified atom stereocenters. The van der Waals surface area contributed by atoms with E-state index in [9.17, 15) is 4.79 Å². The van der Waals surface area contributed by atoms with Crippen LogP contribution in [0.15, 0.2) is 12.7 Å². The summed E-state index contributed by atoms with van der Waals surface area (Å²) >= 11 is 0. The van der Waals surface area contributed by atoms with Gasteiger partial charge in [-0.1, -0.05) is 83.6 Å². The van der Waals surface area contributed by atoms with Crippen LogP contribution in [-0.2, 0) is 9.53 Å². The van der Waals surface area contributed by atoms with Gasteiger partial charge >= 0.3 is 5.97 Å². The number of esters is 1. The highest BCUT2D eigenvalue weighted by Gasteiger charge is 2.28. The fourth-order valence-electron chi connectivity index (χ4n) is 2.84. The summed E-state index contributed by atoms with van der Waals surface area (Å²) < 4.78 is 5.06. The molecule has 0 saturated heterocycles. The quantitative estimate of drug-likeness (QED) is 0.192. The summed E-state index contributed by atoms with van der Waals surface area (Å²) in [4.78, 5) is 11.0. The maximum Gasteiger partial charge on any atom is 0.330 e. The van der Waals surface area contributed by atoms with Gasteiger partial charge in [0, 0.05) is 6.08 Å². The van der Waals surface area contributed by atoms with Gasteiger partial charge in [-0.25, -0.2) is 4.79 Å². The molecule has 2 nitrogen and oxygen atoms in total. The highest BCUT2D eigenvalue weighted by atomic mass is 28.3. The van der Waals surface area contributed by atoms with Gasteiger partial charge in [-0.2, -0.15) is 0 Å². The lowest BCUT2D eigenvalue weighted by molar-refractivity contribution is -0.137. The number of rotatable bonds is 13. The molecule has 0 amide bonds. The van der Waals surface area contributed by atoms with E-state index in [0.717, 1.165) is 6.42 Å². The van der Waals surface area contributed by atoms with Crippen LogP contribution in [0.5, 0.6) is 0 Å². The number of unbranched alkanes of at least 4 members (excludes halogenated alkanes) is 3. The Kier molecular flexibility index (Phi) is 11.8. The Bertz CT molecular complexity index is 256. The Morgan fingerprint density at radius 3 is 2.00 bits per heavy atom. The molecule has 3 heteroatoms. The van der Waals surface area contributed by atoms with Crippen LogP contribution in [0.1, 0.15) is 59.3 Å². The molecule has 20 heavy (non-hydrogen) atoms. The molecule has 0 aliphatic rings. The average Bonchev–Trinajstić information content (AvgIpc) is 2.48. The molecule has 0 radical (unpaired) electrons. The molecule has 0 aromatic rings. The van der Waals surface area contributed by atoms with E-state index >= 15 is 0 Å². The second-order valence-corrected chi connectivity index (χ2v) is 11.1. The lowest BCUT2D eigenvalue weighted by Gasteiger charge is -2.31. The zero-order valence-electron chi connectivity index (χ0n) is 13.9. The van der Waals surface area contributed by atoms with Crippen molar-refractivity contribution in [2.75, 3.05) is 6.61 Å². The summed E-state index contributed by atoms with van der Waals surface area (Å²) in [6.07, 6.45) is 8.90. The van der Waals surface area contributed by atoms with Crippen molar-refractivity contribution >= 4 is 14.0 Å². The van der Waals surface area contributed by atoms with Gasteiger partial charge in [0.05, 0.1) is 14.7 Å². The van der Waals surface area contributed by atoms with Crippen LogP contribution in [-0.4, -0.2) is 20.7 Å². The fraction of sp³-hybridized carbons (Fsp3) is 0.824. The molecule has 0 bridgehead atoms. The van der Waals surface area contributed by atoms with Crippen molar-refractivity contribution in [3.63, 3.8) is 0 Å². The van der Waals surface area contributed by atoms with E-state index in [1.807, 2.05) is 0 Å². The van der Waals surface area contributed by atoms with Crippen molar-refractivity contribution in [3.8, 4) is 0 Å². The predicted octanol–water partition coefficient (Wildman–Crippen LogP) is 5.56. The van der Waals surface area contributed by atoms with E-state index in [1.54, 1.807) is 0 Å². The molecule has 0 rings (SSSR count). The first-order valence-electron chi connectivity index (χ1n) is 8.43. The normalized spacial score (nSPS) is 11.3. The summed E-state index contributed by atoms with van der Waals surface area (Å²) in [7, 11) is -1.06. The average molecular weight is 299 g/mol. The summed E-state index contributed by atoms with van der Waals surface area (Å²) in [5, 5.41) is 0. The molecule has 0 aliphatic carbocycles. The minimum atomic E-state index is -1.06. The third-order valence-electron chi connectivity index (χ3n) is 4.38. The van der Waals surface area contributed by atoms with Crippen LogP contribution in [0.3, 0.4) is 0 Å². The van der Waals surface area contributed by atoms with Gasteiger partial charge in [-0.05, 0) is 6.42 Å². The topological polar surface area (TPSA) is 26.3 Å². The second kappa shape index (κ2) is 12.2. The first-order chi connectivity index (χ1) is 9.64. The summed E-state index contributed by atoms with van der Waals surface area (Å²) in [5.41, 5.74) is 0. The highest BCUT2D eigenvalue weighted by molar-refractivity contribution is 6.79. The van der Waals surface area contributed by atoms with Gasteiger partial charge in [0.2, 0.25) is 0 Å². The van der Waals surface area contributed by atoms with E-state index in [4.69, 9.17) is 4.74 Å². The van der Waals surface area contributed by atoms with Crippen molar-refractivity contribution in [1.29, 1.82) is 0 Å².